The molecule has 1 aliphatic heterocycles. The van der Waals surface area contributed by atoms with Crippen LogP contribution in [0.1, 0.15) is 29.3 Å². The lowest BCUT2D eigenvalue weighted by Crippen LogP contribution is -2.51. The Morgan fingerprint density at radius 3 is 2.37 bits per heavy atom. The topological polar surface area (TPSA) is 79.0 Å². The number of ether oxygens (including phenoxy) is 1. The van der Waals surface area contributed by atoms with Gasteiger partial charge in [-0.2, -0.15) is 0 Å². The van der Waals surface area contributed by atoms with Gasteiger partial charge in [-0.1, -0.05) is 25.1 Å². The fourth-order valence-corrected chi connectivity index (χ4v) is 3.39. The predicted molar refractivity (Wildman–Crippen MR) is 115 cm³/mol. The van der Waals surface area contributed by atoms with Gasteiger partial charge in [-0.05, 0) is 35.9 Å². The molecule has 0 saturated carbocycles. The van der Waals surface area contributed by atoms with E-state index in [1.165, 1.54) is 0 Å². The lowest BCUT2D eigenvalue weighted by molar-refractivity contribution is -0.131. The Labute approximate surface area is 176 Å². The number of carbonyl (C=O) groups excluding carboxylic acids is 3. The summed E-state index contributed by atoms with van der Waals surface area (Å²) in [5.41, 5.74) is 2.05. The maximum absolute atomic E-state index is 12.8. The predicted octanol–water partition coefficient (Wildman–Crippen LogP) is 2.57. The number of carbonyl (C=O) groups is 3. The molecule has 0 aromatic heterocycles. The van der Waals surface area contributed by atoms with Crippen molar-refractivity contribution in [1.82, 2.24) is 9.80 Å². The summed E-state index contributed by atoms with van der Waals surface area (Å²) in [7, 11) is 1.60. The molecule has 0 aliphatic carbocycles. The second kappa shape index (κ2) is 9.91. The molecule has 30 heavy (non-hydrogen) atoms. The van der Waals surface area contributed by atoms with Crippen molar-refractivity contribution in [3.63, 3.8) is 0 Å². The van der Waals surface area contributed by atoms with Crippen LogP contribution in [0.25, 0.3) is 0 Å². The van der Waals surface area contributed by atoms with E-state index in [2.05, 4.69) is 5.32 Å². The van der Waals surface area contributed by atoms with E-state index < -0.39 is 0 Å². The van der Waals surface area contributed by atoms with Gasteiger partial charge in [0.25, 0.3) is 5.91 Å². The minimum atomic E-state index is -0.0949. The van der Waals surface area contributed by atoms with Crippen molar-refractivity contribution in [2.24, 2.45) is 0 Å². The van der Waals surface area contributed by atoms with E-state index in [1.54, 1.807) is 48.1 Å². The molecule has 0 radical (unpaired) electrons. The number of amides is 3. The van der Waals surface area contributed by atoms with E-state index in [0.717, 1.165) is 11.3 Å². The van der Waals surface area contributed by atoms with E-state index in [1.807, 2.05) is 24.3 Å². The SMILES string of the molecule is CCC(=O)Nc1cccc(C(=O)N2CCN(C(=O)Cc3cccc(OC)c3)CC2)c1. The number of hydrogen-bond donors (Lipinski definition) is 1. The summed E-state index contributed by atoms with van der Waals surface area (Å²) < 4.78 is 5.21. The first-order valence-electron chi connectivity index (χ1n) is 10.1. The quantitative estimate of drug-likeness (QED) is 0.795. The van der Waals surface area contributed by atoms with Gasteiger partial charge in [0.05, 0.1) is 13.5 Å². The highest BCUT2D eigenvalue weighted by Gasteiger charge is 2.25. The smallest absolute Gasteiger partial charge is 0.254 e. The molecule has 7 nitrogen and oxygen atoms in total. The zero-order chi connectivity index (χ0) is 21.5. The van der Waals surface area contributed by atoms with Crippen LogP contribution in [-0.2, 0) is 16.0 Å². The molecule has 3 rings (SSSR count). The molecule has 1 N–H and O–H groups in total. The number of anilines is 1. The van der Waals surface area contributed by atoms with Gasteiger partial charge in [-0.25, -0.2) is 0 Å². The molecule has 2 aromatic carbocycles. The minimum Gasteiger partial charge on any atom is -0.497 e. The summed E-state index contributed by atoms with van der Waals surface area (Å²) >= 11 is 0. The first-order valence-corrected chi connectivity index (χ1v) is 10.1. The molecule has 0 spiro atoms. The average Bonchev–Trinajstić information content (AvgIpc) is 2.78. The van der Waals surface area contributed by atoms with Crippen LogP contribution in [0.2, 0.25) is 0 Å². The van der Waals surface area contributed by atoms with Gasteiger partial charge in [0.1, 0.15) is 5.75 Å². The molecule has 0 bridgehead atoms. The molecule has 7 heteroatoms. The second-order valence-corrected chi connectivity index (χ2v) is 7.18. The van der Waals surface area contributed by atoms with Gasteiger partial charge < -0.3 is 19.9 Å². The van der Waals surface area contributed by atoms with Crippen LogP contribution in [-0.4, -0.2) is 60.8 Å². The molecule has 158 valence electrons. The molecule has 1 heterocycles. The van der Waals surface area contributed by atoms with Gasteiger partial charge in [0, 0.05) is 43.9 Å². The normalized spacial score (nSPS) is 13.7. The Morgan fingerprint density at radius 2 is 1.67 bits per heavy atom. The van der Waals surface area contributed by atoms with Gasteiger partial charge in [-0.3, -0.25) is 14.4 Å². The van der Waals surface area contributed by atoms with Crippen LogP contribution in [0, 0.1) is 0 Å². The number of methoxy groups -OCH3 is 1. The molecule has 0 atom stereocenters. The van der Waals surface area contributed by atoms with Crippen molar-refractivity contribution in [1.29, 1.82) is 0 Å². The number of benzene rings is 2. The molecular weight excluding hydrogens is 382 g/mol. The number of nitrogens with zero attached hydrogens (tertiary/aromatic N) is 2. The van der Waals surface area contributed by atoms with Gasteiger partial charge in [0.15, 0.2) is 0 Å². The molecule has 2 aromatic rings. The standard InChI is InChI=1S/C23H27N3O4/c1-3-21(27)24-19-8-5-7-18(16-19)23(29)26-12-10-25(11-13-26)22(28)15-17-6-4-9-20(14-17)30-2/h4-9,14,16H,3,10-13,15H2,1-2H3,(H,24,27). The molecule has 1 saturated heterocycles. The summed E-state index contributed by atoms with van der Waals surface area (Å²) in [5, 5.41) is 2.77. The van der Waals surface area contributed by atoms with Crippen LogP contribution in [0.5, 0.6) is 5.75 Å². The highest BCUT2D eigenvalue weighted by molar-refractivity contribution is 5.97. The van der Waals surface area contributed by atoms with Gasteiger partial charge >= 0.3 is 0 Å². The summed E-state index contributed by atoms with van der Waals surface area (Å²) in [6.07, 6.45) is 0.689. The third kappa shape index (κ3) is 5.37. The van der Waals surface area contributed by atoms with Crippen molar-refractivity contribution in [2.75, 3.05) is 38.6 Å². The van der Waals surface area contributed by atoms with E-state index in [0.29, 0.717) is 50.3 Å². The van der Waals surface area contributed by atoms with Crippen LogP contribution >= 0.6 is 0 Å². The largest absolute Gasteiger partial charge is 0.497 e. The van der Waals surface area contributed by atoms with Gasteiger partial charge in [0.2, 0.25) is 11.8 Å². The highest BCUT2D eigenvalue weighted by Crippen LogP contribution is 2.16. The maximum Gasteiger partial charge on any atom is 0.254 e. The number of rotatable bonds is 6. The van der Waals surface area contributed by atoms with E-state index >= 15 is 0 Å². The fourth-order valence-electron chi connectivity index (χ4n) is 3.39. The van der Waals surface area contributed by atoms with Crippen molar-refractivity contribution >= 4 is 23.4 Å². The zero-order valence-electron chi connectivity index (χ0n) is 17.4. The second-order valence-electron chi connectivity index (χ2n) is 7.18. The van der Waals surface area contributed by atoms with Crippen LogP contribution in [0.3, 0.4) is 0 Å². The zero-order valence-corrected chi connectivity index (χ0v) is 17.4. The minimum absolute atomic E-state index is 0.0413. The van der Waals surface area contributed by atoms with Crippen LogP contribution in [0.15, 0.2) is 48.5 Å². The van der Waals surface area contributed by atoms with E-state index in [-0.39, 0.29) is 17.7 Å². The Balaban J connectivity index is 1.55. The van der Waals surface area contributed by atoms with Crippen molar-refractivity contribution in [2.45, 2.75) is 19.8 Å². The monoisotopic (exact) mass is 409 g/mol. The van der Waals surface area contributed by atoms with Crippen molar-refractivity contribution in [3.8, 4) is 5.75 Å². The molecule has 0 unspecified atom stereocenters. The fraction of sp³-hybridized carbons (Fsp3) is 0.348. The molecule has 1 aliphatic rings. The highest BCUT2D eigenvalue weighted by atomic mass is 16.5. The summed E-state index contributed by atoms with van der Waals surface area (Å²) in [4.78, 5) is 40.6. The van der Waals surface area contributed by atoms with Crippen LogP contribution < -0.4 is 10.1 Å². The average molecular weight is 409 g/mol. The number of nitrogens with one attached hydrogen (secondary N) is 1. The maximum atomic E-state index is 12.8. The first-order chi connectivity index (χ1) is 14.5. The molecule has 1 fully saturated rings. The molecule has 3 amide bonds. The third-order valence-corrected chi connectivity index (χ3v) is 5.12. The van der Waals surface area contributed by atoms with Crippen LogP contribution in [0.4, 0.5) is 5.69 Å². The Morgan fingerprint density at radius 1 is 0.967 bits per heavy atom. The lowest BCUT2D eigenvalue weighted by atomic mass is 10.1. The molecular formula is C23H27N3O4. The summed E-state index contributed by atoms with van der Waals surface area (Å²) in [6, 6.07) is 14.4. The third-order valence-electron chi connectivity index (χ3n) is 5.12. The number of hydrogen-bond acceptors (Lipinski definition) is 4. The summed E-state index contributed by atoms with van der Waals surface area (Å²) in [6.45, 7) is 3.74. The van der Waals surface area contributed by atoms with E-state index in [9.17, 15) is 14.4 Å². The van der Waals surface area contributed by atoms with E-state index in [4.69, 9.17) is 4.74 Å². The lowest BCUT2D eigenvalue weighted by Gasteiger charge is -2.35. The van der Waals surface area contributed by atoms with Crippen molar-refractivity contribution < 1.29 is 19.1 Å². The Bertz CT molecular complexity index is 920. The van der Waals surface area contributed by atoms with Gasteiger partial charge in [-0.15, -0.1) is 0 Å². The Hall–Kier alpha value is -3.35. The Kier molecular flexibility index (Phi) is 7.06. The number of piperazine rings is 1. The van der Waals surface area contributed by atoms with Crippen molar-refractivity contribution in [3.05, 3.63) is 59.7 Å². The summed E-state index contributed by atoms with van der Waals surface area (Å²) in [5.74, 6) is 0.581. The first kappa shape index (κ1) is 21.4.